The van der Waals surface area contributed by atoms with Crippen molar-refractivity contribution < 1.29 is 17.6 Å². The number of rotatable bonds is 5. The van der Waals surface area contributed by atoms with Crippen LogP contribution in [0.3, 0.4) is 0 Å². The Hall–Kier alpha value is -0.810. The van der Waals surface area contributed by atoms with Crippen molar-refractivity contribution in [1.82, 2.24) is 5.32 Å². The summed E-state index contributed by atoms with van der Waals surface area (Å²) < 4.78 is 51.3. The lowest BCUT2D eigenvalue weighted by Gasteiger charge is -2.21. The Morgan fingerprint density at radius 2 is 2.00 bits per heavy atom. The molecule has 18 heavy (non-hydrogen) atoms. The first kappa shape index (κ1) is 15.2. The third-order valence-corrected chi connectivity index (χ3v) is 2.77. The van der Waals surface area contributed by atoms with E-state index in [1.165, 1.54) is 12.1 Å². The molecule has 0 aliphatic rings. The van der Waals surface area contributed by atoms with Gasteiger partial charge in [0.15, 0.2) is 0 Å². The van der Waals surface area contributed by atoms with Gasteiger partial charge in [-0.2, -0.15) is 13.2 Å². The van der Waals surface area contributed by atoms with E-state index in [1.807, 2.05) is 0 Å². The average molecular weight is 284 g/mol. The molecule has 1 N–H and O–H groups in total. The lowest BCUT2D eigenvalue weighted by molar-refractivity contribution is -0.155. The first-order valence-electron chi connectivity index (χ1n) is 5.58. The highest BCUT2D eigenvalue weighted by Gasteiger charge is 2.38. The van der Waals surface area contributed by atoms with Gasteiger partial charge in [0.1, 0.15) is 11.9 Å². The topological polar surface area (TPSA) is 12.0 Å². The van der Waals surface area contributed by atoms with Crippen molar-refractivity contribution in [2.75, 3.05) is 6.54 Å². The maximum Gasteiger partial charge on any atom is 0.404 e. The zero-order valence-electron chi connectivity index (χ0n) is 9.82. The molecule has 0 fully saturated rings. The van der Waals surface area contributed by atoms with Crippen molar-refractivity contribution in [3.05, 3.63) is 34.6 Å². The monoisotopic (exact) mass is 283 g/mol. The van der Waals surface area contributed by atoms with Crippen molar-refractivity contribution in [2.24, 2.45) is 0 Å². The van der Waals surface area contributed by atoms with Gasteiger partial charge in [0, 0.05) is 0 Å². The smallest absolute Gasteiger partial charge is 0.306 e. The third-order valence-electron chi connectivity index (χ3n) is 2.46. The maximum atomic E-state index is 13.1. The van der Waals surface area contributed by atoms with E-state index in [-0.39, 0.29) is 23.6 Å². The minimum atomic E-state index is -4.36. The van der Waals surface area contributed by atoms with Crippen molar-refractivity contribution >= 4 is 11.6 Å². The molecular formula is C12H14ClF4N. The molecule has 0 radical (unpaired) electrons. The molecule has 1 aromatic carbocycles. The van der Waals surface area contributed by atoms with Gasteiger partial charge in [-0.05, 0) is 37.1 Å². The van der Waals surface area contributed by atoms with Crippen LogP contribution >= 0.6 is 11.6 Å². The van der Waals surface area contributed by atoms with Gasteiger partial charge in [-0.25, -0.2) is 4.39 Å². The highest BCUT2D eigenvalue weighted by molar-refractivity contribution is 6.30. The highest BCUT2D eigenvalue weighted by Crippen LogP contribution is 2.24. The first-order valence-corrected chi connectivity index (χ1v) is 5.96. The van der Waals surface area contributed by atoms with Gasteiger partial charge >= 0.3 is 6.18 Å². The molecule has 0 aliphatic carbocycles. The Balaban J connectivity index is 2.79. The van der Waals surface area contributed by atoms with Gasteiger partial charge in [0.2, 0.25) is 0 Å². The maximum absolute atomic E-state index is 13.1. The Morgan fingerprint density at radius 1 is 1.33 bits per heavy atom. The lowest BCUT2D eigenvalue weighted by atomic mass is 10.1. The van der Waals surface area contributed by atoms with Crippen molar-refractivity contribution in [1.29, 1.82) is 0 Å². The van der Waals surface area contributed by atoms with Gasteiger partial charge in [-0.15, -0.1) is 0 Å². The molecule has 1 atom stereocenters. The molecule has 0 aliphatic heterocycles. The molecule has 102 valence electrons. The Morgan fingerprint density at radius 3 is 2.50 bits per heavy atom. The highest BCUT2D eigenvalue weighted by atomic mass is 35.5. The quantitative estimate of drug-likeness (QED) is 0.807. The summed E-state index contributed by atoms with van der Waals surface area (Å²) in [6.45, 7) is 2.04. The van der Waals surface area contributed by atoms with Crippen molar-refractivity contribution in [3.63, 3.8) is 0 Å². The van der Waals surface area contributed by atoms with E-state index < -0.39 is 18.0 Å². The largest absolute Gasteiger partial charge is 0.404 e. The third kappa shape index (κ3) is 4.46. The lowest BCUT2D eigenvalue weighted by Crippen LogP contribution is -2.44. The number of hydrogen-bond donors (Lipinski definition) is 1. The zero-order valence-corrected chi connectivity index (χ0v) is 10.6. The average Bonchev–Trinajstić information content (AvgIpc) is 2.27. The summed E-state index contributed by atoms with van der Waals surface area (Å²) in [7, 11) is 0. The van der Waals surface area contributed by atoms with Gasteiger partial charge in [0.25, 0.3) is 0 Å². The van der Waals surface area contributed by atoms with Crippen LogP contribution in [-0.2, 0) is 6.42 Å². The molecule has 0 saturated carbocycles. The summed E-state index contributed by atoms with van der Waals surface area (Å²) in [5.74, 6) is -0.703. The van der Waals surface area contributed by atoms with E-state index in [0.717, 1.165) is 6.07 Å². The van der Waals surface area contributed by atoms with Gasteiger partial charge in [-0.1, -0.05) is 24.6 Å². The SMILES string of the molecule is CCCNC(Cc1ccc(Cl)c(F)c1)C(F)(F)F. The van der Waals surface area contributed by atoms with Crippen LogP contribution in [0.5, 0.6) is 0 Å². The van der Waals surface area contributed by atoms with E-state index in [2.05, 4.69) is 5.32 Å². The van der Waals surface area contributed by atoms with Gasteiger partial charge in [-0.3, -0.25) is 0 Å². The first-order chi connectivity index (χ1) is 8.34. The van der Waals surface area contributed by atoms with Crippen LogP contribution in [-0.4, -0.2) is 18.8 Å². The normalized spacial score (nSPS) is 13.7. The van der Waals surface area contributed by atoms with Crippen LogP contribution in [0.2, 0.25) is 5.02 Å². The van der Waals surface area contributed by atoms with E-state index in [9.17, 15) is 17.6 Å². The zero-order chi connectivity index (χ0) is 13.8. The Kier molecular flexibility index (Phi) is 5.41. The molecule has 1 nitrogen and oxygen atoms in total. The van der Waals surface area contributed by atoms with Crippen LogP contribution < -0.4 is 5.32 Å². The van der Waals surface area contributed by atoms with E-state index in [1.54, 1.807) is 6.92 Å². The molecule has 0 bridgehead atoms. The summed E-state index contributed by atoms with van der Waals surface area (Å²) in [5.41, 5.74) is 0.267. The summed E-state index contributed by atoms with van der Waals surface area (Å²) in [6, 6.07) is 2.03. The molecule has 0 spiro atoms. The predicted octanol–water partition coefficient (Wildman–Crippen LogP) is 3.95. The minimum absolute atomic E-state index is 0.0937. The molecule has 6 heteroatoms. The molecule has 0 aromatic heterocycles. The number of alkyl halides is 3. The Labute approximate surface area is 108 Å². The van der Waals surface area contributed by atoms with Gasteiger partial charge < -0.3 is 5.32 Å². The number of nitrogens with one attached hydrogen (secondary N) is 1. The summed E-state index contributed by atoms with van der Waals surface area (Å²) in [4.78, 5) is 0. The van der Waals surface area contributed by atoms with Crippen LogP contribution in [0.1, 0.15) is 18.9 Å². The van der Waals surface area contributed by atoms with Crippen molar-refractivity contribution in [3.8, 4) is 0 Å². The standard InChI is InChI=1S/C12H14ClF4N/c1-2-5-18-11(12(15,16)17)7-8-3-4-9(13)10(14)6-8/h3-4,6,11,18H,2,5,7H2,1H3. The summed E-state index contributed by atoms with van der Waals surface area (Å²) in [6.07, 6.45) is -4.07. The fourth-order valence-corrected chi connectivity index (χ4v) is 1.64. The second-order valence-electron chi connectivity index (χ2n) is 4.00. The molecule has 0 saturated heterocycles. The van der Waals surface area contributed by atoms with Crippen LogP contribution in [0.25, 0.3) is 0 Å². The van der Waals surface area contributed by atoms with E-state index in [0.29, 0.717) is 6.42 Å². The number of benzene rings is 1. The van der Waals surface area contributed by atoms with Crippen LogP contribution in [0, 0.1) is 5.82 Å². The molecule has 1 aromatic rings. The fourth-order valence-electron chi connectivity index (χ4n) is 1.52. The molecule has 0 heterocycles. The summed E-state index contributed by atoms with van der Waals surface area (Å²) in [5, 5.41) is 2.32. The number of halogens is 5. The second kappa shape index (κ2) is 6.38. The van der Waals surface area contributed by atoms with E-state index >= 15 is 0 Å². The van der Waals surface area contributed by atoms with Crippen LogP contribution in [0.4, 0.5) is 17.6 Å². The Bertz CT molecular complexity index is 392. The van der Waals surface area contributed by atoms with E-state index in [4.69, 9.17) is 11.6 Å². The number of hydrogen-bond acceptors (Lipinski definition) is 1. The molecule has 1 rings (SSSR count). The van der Waals surface area contributed by atoms with Crippen LogP contribution in [0.15, 0.2) is 18.2 Å². The molecule has 1 unspecified atom stereocenters. The minimum Gasteiger partial charge on any atom is -0.306 e. The molecule has 0 amide bonds. The summed E-state index contributed by atoms with van der Waals surface area (Å²) >= 11 is 5.48. The molecular weight excluding hydrogens is 270 g/mol. The fraction of sp³-hybridized carbons (Fsp3) is 0.500. The predicted molar refractivity (Wildman–Crippen MR) is 63.3 cm³/mol. The second-order valence-corrected chi connectivity index (χ2v) is 4.41. The van der Waals surface area contributed by atoms with Crippen molar-refractivity contribution in [2.45, 2.75) is 32.0 Å². The van der Waals surface area contributed by atoms with Gasteiger partial charge in [0.05, 0.1) is 5.02 Å².